The molecule has 1 unspecified atom stereocenters. The van der Waals surface area contributed by atoms with Crippen molar-refractivity contribution < 1.29 is 0 Å². The quantitative estimate of drug-likeness (QED) is 0.718. The smallest absolute Gasteiger partial charge is 0.0192 e. The summed E-state index contributed by atoms with van der Waals surface area (Å²) < 4.78 is 0. The molecule has 0 heterocycles. The maximum Gasteiger partial charge on any atom is 0.0192 e. The van der Waals surface area contributed by atoms with Gasteiger partial charge in [-0.3, -0.25) is 4.90 Å². The van der Waals surface area contributed by atoms with Crippen LogP contribution in [0.4, 0.5) is 0 Å². The highest BCUT2D eigenvalue weighted by atomic mass is 15.2. The van der Waals surface area contributed by atoms with Crippen LogP contribution in [-0.2, 0) is 0 Å². The van der Waals surface area contributed by atoms with E-state index in [9.17, 15) is 0 Å². The van der Waals surface area contributed by atoms with Crippen molar-refractivity contribution in [3.05, 3.63) is 0 Å². The monoisotopic (exact) mass is 226 g/mol. The minimum Gasteiger partial charge on any atom is -0.312 e. The van der Waals surface area contributed by atoms with E-state index in [0.717, 1.165) is 12.6 Å². The van der Waals surface area contributed by atoms with Gasteiger partial charge < -0.3 is 5.32 Å². The Hall–Kier alpha value is -0.0800. The molecule has 2 nitrogen and oxygen atoms in total. The van der Waals surface area contributed by atoms with Gasteiger partial charge in [0.05, 0.1) is 0 Å². The van der Waals surface area contributed by atoms with Crippen LogP contribution in [0.1, 0.15) is 59.3 Å². The molecule has 1 atom stereocenters. The summed E-state index contributed by atoms with van der Waals surface area (Å²) in [6, 6.07) is 2.22. The van der Waals surface area contributed by atoms with Crippen molar-refractivity contribution in [2.75, 3.05) is 13.6 Å². The zero-order chi connectivity index (χ0) is 12.0. The van der Waals surface area contributed by atoms with Gasteiger partial charge in [0.15, 0.2) is 0 Å². The Kier molecular flexibility index (Phi) is 6.37. The summed E-state index contributed by atoms with van der Waals surface area (Å²) in [5.74, 6) is 0. The molecule has 0 aromatic carbocycles. The minimum atomic E-state index is 0.670. The third-order valence-electron chi connectivity index (χ3n) is 4.28. The molecule has 1 fully saturated rings. The van der Waals surface area contributed by atoms with Crippen LogP contribution in [-0.4, -0.2) is 36.6 Å². The van der Waals surface area contributed by atoms with E-state index in [2.05, 4.69) is 38.0 Å². The van der Waals surface area contributed by atoms with Gasteiger partial charge in [-0.15, -0.1) is 0 Å². The van der Waals surface area contributed by atoms with E-state index in [0.29, 0.717) is 12.1 Å². The van der Waals surface area contributed by atoms with Gasteiger partial charge in [0, 0.05) is 24.7 Å². The Labute approximate surface area is 102 Å². The second-order valence-corrected chi connectivity index (χ2v) is 5.37. The molecule has 2 heteroatoms. The molecular formula is C14H30N2. The Balaban J connectivity index is 2.24. The Morgan fingerprint density at radius 2 is 1.75 bits per heavy atom. The fourth-order valence-corrected chi connectivity index (χ4v) is 2.73. The summed E-state index contributed by atoms with van der Waals surface area (Å²) in [6.07, 6.45) is 8.17. The van der Waals surface area contributed by atoms with Crippen molar-refractivity contribution in [1.82, 2.24) is 10.2 Å². The molecule has 16 heavy (non-hydrogen) atoms. The van der Waals surface area contributed by atoms with Crippen molar-refractivity contribution in [3.63, 3.8) is 0 Å². The normalized spacial score (nSPS) is 19.9. The number of rotatable bonds is 7. The van der Waals surface area contributed by atoms with E-state index >= 15 is 0 Å². The fraction of sp³-hybridized carbons (Fsp3) is 1.00. The second kappa shape index (κ2) is 7.29. The Bertz CT molecular complexity index is 172. The predicted octanol–water partition coefficient (Wildman–Crippen LogP) is 3.03. The average Bonchev–Trinajstić information content (AvgIpc) is 2.82. The molecule has 1 saturated carbocycles. The molecular weight excluding hydrogens is 196 g/mol. The number of hydrogen-bond donors (Lipinski definition) is 1. The minimum absolute atomic E-state index is 0.670. The first-order valence-electron chi connectivity index (χ1n) is 7.14. The van der Waals surface area contributed by atoms with Gasteiger partial charge in [-0.25, -0.2) is 0 Å². The van der Waals surface area contributed by atoms with E-state index < -0.39 is 0 Å². The van der Waals surface area contributed by atoms with E-state index in [-0.39, 0.29) is 0 Å². The lowest BCUT2D eigenvalue weighted by Crippen LogP contribution is -2.45. The third kappa shape index (κ3) is 4.06. The lowest BCUT2D eigenvalue weighted by atomic mass is 10.1. The molecule has 0 saturated heterocycles. The maximum atomic E-state index is 3.68. The van der Waals surface area contributed by atoms with Gasteiger partial charge >= 0.3 is 0 Å². The van der Waals surface area contributed by atoms with Crippen molar-refractivity contribution in [1.29, 1.82) is 0 Å². The summed E-state index contributed by atoms with van der Waals surface area (Å²) >= 11 is 0. The maximum absolute atomic E-state index is 3.68. The predicted molar refractivity (Wildman–Crippen MR) is 71.9 cm³/mol. The Morgan fingerprint density at radius 1 is 1.19 bits per heavy atom. The molecule has 1 N–H and O–H groups in total. The molecule has 1 aliphatic carbocycles. The second-order valence-electron chi connectivity index (χ2n) is 5.37. The Morgan fingerprint density at radius 3 is 2.25 bits per heavy atom. The first kappa shape index (κ1) is 14.0. The molecule has 1 rings (SSSR count). The van der Waals surface area contributed by atoms with E-state index in [4.69, 9.17) is 0 Å². The zero-order valence-corrected chi connectivity index (χ0v) is 11.6. The highest BCUT2D eigenvalue weighted by Gasteiger charge is 2.23. The highest BCUT2D eigenvalue weighted by Crippen LogP contribution is 2.23. The molecule has 0 aliphatic heterocycles. The number of nitrogens with one attached hydrogen (secondary N) is 1. The van der Waals surface area contributed by atoms with Crippen LogP contribution in [0.25, 0.3) is 0 Å². The van der Waals surface area contributed by atoms with E-state index in [1.54, 1.807) is 0 Å². The van der Waals surface area contributed by atoms with Gasteiger partial charge in [0.2, 0.25) is 0 Å². The van der Waals surface area contributed by atoms with Crippen LogP contribution in [0, 0.1) is 0 Å². The fourth-order valence-electron chi connectivity index (χ4n) is 2.73. The molecule has 1 aliphatic rings. The van der Waals surface area contributed by atoms with Gasteiger partial charge in [-0.05, 0) is 39.7 Å². The summed E-state index contributed by atoms with van der Waals surface area (Å²) in [4.78, 5) is 2.59. The summed E-state index contributed by atoms with van der Waals surface area (Å²) in [5, 5.41) is 3.68. The number of hydrogen-bond acceptors (Lipinski definition) is 2. The zero-order valence-electron chi connectivity index (χ0n) is 11.6. The van der Waals surface area contributed by atoms with Gasteiger partial charge in [-0.2, -0.15) is 0 Å². The van der Waals surface area contributed by atoms with Crippen LogP contribution in [0.2, 0.25) is 0 Å². The standard InChI is InChI=1S/C14H30N2/c1-5-13(6-2)15-11-12(3)16(4)14-9-7-8-10-14/h12-15H,5-11H2,1-4H3. The summed E-state index contributed by atoms with van der Waals surface area (Å²) in [6.45, 7) is 8.03. The van der Waals surface area contributed by atoms with Gasteiger partial charge in [-0.1, -0.05) is 26.7 Å². The average molecular weight is 226 g/mol. The van der Waals surface area contributed by atoms with Crippen molar-refractivity contribution >= 4 is 0 Å². The lowest BCUT2D eigenvalue weighted by Gasteiger charge is -2.31. The first-order chi connectivity index (χ1) is 7.69. The van der Waals surface area contributed by atoms with Crippen LogP contribution in [0.5, 0.6) is 0 Å². The molecule has 0 aromatic rings. The molecule has 0 aromatic heterocycles. The molecule has 0 amide bonds. The first-order valence-corrected chi connectivity index (χ1v) is 7.14. The third-order valence-corrected chi connectivity index (χ3v) is 4.28. The molecule has 0 radical (unpaired) electrons. The van der Waals surface area contributed by atoms with Crippen LogP contribution < -0.4 is 5.32 Å². The topological polar surface area (TPSA) is 15.3 Å². The lowest BCUT2D eigenvalue weighted by molar-refractivity contribution is 0.178. The van der Waals surface area contributed by atoms with E-state index in [1.165, 1.54) is 38.5 Å². The van der Waals surface area contributed by atoms with Crippen LogP contribution in [0.3, 0.4) is 0 Å². The summed E-state index contributed by atoms with van der Waals surface area (Å²) in [5.41, 5.74) is 0. The number of likely N-dealkylation sites (N-methyl/N-ethyl adjacent to an activating group) is 1. The van der Waals surface area contributed by atoms with Gasteiger partial charge in [0.1, 0.15) is 0 Å². The van der Waals surface area contributed by atoms with Gasteiger partial charge in [0.25, 0.3) is 0 Å². The van der Waals surface area contributed by atoms with Crippen molar-refractivity contribution in [3.8, 4) is 0 Å². The SMILES string of the molecule is CCC(CC)NCC(C)N(C)C1CCCC1. The molecule has 0 bridgehead atoms. The van der Waals surface area contributed by atoms with Crippen molar-refractivity contribution in [2.24, 2.45) is 0 Å². The van der Waals surface area contributed by atoms with Crippen LogP contribution >= 0.6 is 0 Å². The summed E-state index contributed by atoms with van der Waals surface area (Å²) in [7, 11) is 2.30. The number of nitrogens with zero attached hydrogens (tertiary/aromatic N) is 1. The molecule has 96 valence electrons. The largest absolute Gasteiger partial charge is 0.312 e. The van der Waals surface area contributed by atoms with E-state index in [1.807, 2.05) is 0 Å². The van der Waals surface area contributed by atoms with Crippen LogP contribution in [0.15, 0.2) is 0 Å². The van der Waals surface area contributed by atoms with Crippen molar-refractivity contribution in [2.45, 2.75) is 77.4 Å². The highest BCUT2D eigenvalue weighted by molar-refractivity contribution is 4.80. The molecule has 0 spiro atoms.